The van der Waals surface area contributed by atoms with Crippen molar-refractivity contribution in [1.82, 2.24) is 4.57 Å². The number of aliphatic imine (C=N–C) groups is 1. The van der Waals surface area contributed by atoms with E-state index in [0.717, 1.165) is 78.6 Å². The molecule has 0 aliphatic carbocycles. The number of ether oxygens (including phenoxy) is 1. The summed E-state index contributed by atoms with van der Waals surface area (Å²) in [4.78, 5) is 5.03. The third-order valence-electron chi connectivity index (χ3n) is 10.6. The Balaban J connectivity index is 1.02. The Morgan fingerprint density at radius 1 is 0.534 bits per heavy atom. The standard InChI is InChI=1S/C53H44N4O/c1-36(2)47-32-37(3)28-31-48(47)54-35-57-51-27-13-10-22-45(51)46-30-29-42(34-52(46)57)58-41-21-14-20-40(33-41)55-49-25-11-12-26-50(49)56-53-43(38-16-6-4-7-17-38)23-15-24-44(53)39-18-8-5-9-19-39/h4-36,55-56H,1-3H3. The molecule has 8 aromatic carbocycles. The van der Waals surface area contributed by atoms with E-state index < -0.39 is 0 Å². The molecule has 0 unspecified atom stereocenters. The number of hydrogen-bond donors (Lipinski definition) is 2. The maximum atomic E-state index is 6.58. The molecule has 58 heavy (non-hydrogen) atoms. The molecule has 0 bridgehead atoms. The lowest BCUT2D eigenvalue weighted by Gasteiger charge is -2.20. The number of benzene rings is 8. The van der Waals surface area contributed by atoms with Crippen molar-refractivity contribution in [2.24, 2.45) is 4.99 Å². The van der Waals surface area contributed by atoms with Crippen LogP contribution in [0.4, 0.5) is 28.4 Å². The first-order valence-corrected chi connectivity index (χ1v) is 19.8. The second-order valence-electron chi connectivity index (χ2n) is 14.9. The van der Waals surface area contributed by atoms with E-state index in [1.807, 2.05) is 30.6 Å². The molecule has 282 valence electrons. The first-order valence-electron chi connectivity index (χ1n) is 19.8. The summed E-state index contributed by atoms with van der Waals surface area (Å²) >= 11 is 0. The number of nitrogens with zero attached hydrogens (tertiary/aromatic N) is 2. The average Bonchev–Trinajstić information content (AvgIpc) is 3.57. The molecule has 9 rings (SSSR count). The second-order valence-corrected chi connectivity index (χ2v) is 14.9. The molecule has 0 aliphatic heterocycles. The maximum absolute atomic E-state index is 6.58. The summed E-state index contributed by atoms with van der Waals surface area (Å²) in [5, 5.41) is 9.83. The highest BCUT2D eigenvalue weighted by Gasteiger charge is 2.15. The summed E-state index contributed by atoms with van der Waals surface area (Å²) in [6, 6.07) is 65.2. The zero-order chi connectivity index (χ0) is 39.4. The zero-order valence-corrected chi connectivity index (χ0v) is 32.9. The van der Waals surface area contributed by atoms with Crippen molar-refractivity contribution >= 4 is 56.6 Å². The molecule has 0 aliphatic rings. The van der Waals surface area contributed by atoms with Crippen LogP contribution in [0.25, 0.3) is 44.1 Å². The van der Waals surface area contributed by atoms with E-state index in [1.54, 1.807) is 0 Å². The summed E-state index contributed by atoms with van der Waals surface area (Å²) in [5.74, 6) is 1.84. The van der Waals surface area contributed by atoms with Crippen LogP contribution in [0.3, 0.4) is 0 Å². The van der Waals surface area contributed by atoms with Crippen molar-refractivity contribution in [2.75, 3.05) is 10.6 Å². The van der Waals surface area contributed by atoms with Gasteiger partial charge in [0, 0.05) is 39.7 Å². The molecule has 5 nitrogen and oxygen atoms in total. The summed E-state index contributed by atoms with van der Waals surface area (Å²) in [6.07, 6.45) is 1.95. The van der Waals surface area contributed by atoms with Crippen LogP contribution in [-0.2, 0) is 0 Å². The summed E-state index contributed by atoms with van der Waals surface area (Å²) in [7, 11) is 0. The SMILES string of the molecule is Cc1ccc(N=Cn2c3ccccc3c3ccc(Oc4cccc(Nc5ccccc5Nc5c(-c6ccccc6)cccc5-c5ccccc5)c4)cc32)c(C(C)C)c1. The van der Waals surface area contributed by atoms with Crippen molar-refractivity contribution in [3.8, 4) is 33.8 Å². The van der Waals surface area contributed by atoms with Crippen LogP contribution in [0, 0.1) is 6.92 Å². The van der Waals surface area contributed by atoms with E-state index in [9.17, 15) is 0 Å². The molecule has 0 fully saturated rings. The van der Waals surface area contributed by atoms with Crippen LogP contribution in [0.15, 0.2) is 193 Å². The Morgan fingerprint density at radius 3 is 1.88 bits per heavy atom. The fourth-order valence-corrected chi connectivity index (χ4v) is 7.71. The van der Waals surface area contributed by atoms with Gasteiger partial charge in [0.1, 0.15) is 17.8 Å². The van der Waals surface area contributed by atoms with E-state index in [-0.39, 0.29) is 0 Å². The minimum Gasteiger partial charge on any atom is -0.457 e. The molecule has 0 saturated carbocycles. The first-order chi connectivity index (χ1) is 28.5. The first kappa shape index (κ1) is 36.3. The van der Waals surface area contributed by atoms with Gasteiger partial charge in [0.05, 0.1) is 33.8 Å². The lowest BCUT2D eigenvalue weighted by molar-refractivity contribution is 0.483. The molecule has 0 atom stereocenters. The van der Waals surface area contributed by atoms with Gasteiger partial charge in [0.2, 0.25) is 0 Å². The third-order valence-corrected chi connectivity index (χ3v) is 10.6. The highest BCUT2D eigenvalue weighted by atomic mass is 16.5. The highest BCUT2D eigenvalue weighted by Crippen LogP contribution is 2.41. The Morgan fingerprint density at radius 2 is 1.16 bits per heavy atom. The molecular formula is C53H44N4O. The van der Waals surface area contributed by atoms with Gasteiger partial charge in [-0.05, 0) is 78.1 Å². The Kier molecular flexibility index (Phi) is 10.0. The Hall–Kier alpha value is -7.37. The maximum Gasteiger partial charge on any atom is 0.129 e. The average molecular weight is 753 g/mol. The van der Waals surface area contributed by atoms with E-state index in [4.69, 9.17) is 9.73 Å². The van der Waals surface area contributed by atoms with Crippen molar-refractivity contribution in [2.45, 2.75) is 26.7 Å². The van der Waals surface area contributed by atoms with Gasteiger partial charge in [0.25, 0.3) is 0 Å². The molecule has 0 saturated heterocycles. The third kappa shape index (κ3) is 7.46. The van der Waals surface area contributed by atoms with Gasteiger partial charge in [0.15, 0.2) is 0 Å². The van der Waals surface area contributed by atoms with Crippen LogP contribution in [0.5, 0.6) is 11.5 Å². The molecule has 0 spiro atoms. The van der Waals surface area contributed by atoms with Crippen molar-refractivity contribution in [3.63, 3.8) is 0 Å². The van der Waals surface area contributed by atoms with E-state index in [2.05, 4.69) is 200 Å². The predicted octanol–water partition coefficient (Wildman–Crippen LogP) is 15.0. The van der Waals surface area contributed by atoms with Gasteiger partial charge in [-0.2, -0.15) is 0 Å². The molecule has 0 amide bonds. The zero-order valence-electron chi connectivity index (χ0n) is 32.9. The van der Waals surface area contributed by atoms with Crippen molar-refractivity contribution < 1.29 is 4.74 Å². The molecule has 1 heterocycles. The van der Waals surface area contributed by atoms with Crippen LogP contribution in [0.1, 0.15) is 30.9 Å². The number of hydrogen-bond acceptors (Lipinski definition) is 4. The van der Waals surface area contributed by atoms with Gasteiger partial charge in [-0.1, -0.05) is 147 Å². The van der Waals surface area contributed by atoms with E-state index in [1.165, 1.54) is 16.5 Å². The minimum absolute atomic E-state index is 0.365. The van der Waals surface area contributed by atoms with Gasteiger partial charge in [-0.3, -0.25) is 4.57 Å². The van der Waals surface area contributed by atoms with Crippen LogP contribution in [0.2, 0.25) is 0 Å². The van der Waals surface area contributed by atoms with E-state index >= 15 is 0 Å². The molecule has 9 aromatic rings. The lowest BCUT2D eigenvalue weighted by Crippen LogP contribution is -2.00. The predicted molar refractivity (Wildman–Crippen MR) is 245 cm³/mol. The van der Waals surface area contributed by atoms with Gasteiger partial charge in [-0.25, -0.2) is 4.99 Å². The Bertz CT molecular complexity index is 2850. The summed E-state index contributed by atoms with van der Waals surface area (Å²) in [6.45, 7) is 6.56. The lowest BCUT2D eigenvalue weighted by atomic mass is 9.95. The van der Waals surface area contributed by atoms with Crippen molar-refractivity contribution in [1.29, 1.82) is 0 Å². The second kappa shape index (κ2) is 16.0. The number of rotatable bonds is 11. The minimum atomic E-state index is 0.365. The number of fused-ring (bicyclic) bond motifs is 3. The smallest absolute Gasteiger partial charge is 0.129 e. The quantitative estimate of drug-likeness (QED) is 0.102. The summed E-state index contributed by atoms with van der Waals surface area (Å²) in [5.41, 5.74) is 14.0. The number of nitrogens with one attached hydrogen (secondary N) is 2. The Labute approximate surface area is 339 Å². The topological polar surface area (TPSA) is 50.6 Å². The summed E-state index contributed by atoms with van der Waals surface area (Å²) < 4.78 is 8.75. The van der Waals surface area contributed by atoms with Gasteiger partial charge in [-0.15, -0.1) is 0 Å². The molecule has 0 radical (unpaired) electrons. The molecular weight excluding hydrogens is 709 g/mol. The molecule has 1 aromatic heterocycles. The van der Waals surface area contributed by atoms with E-state index in [0.29, 0.717) is 5.92 Å². The van der Waals surface area contributed by atoms with Gasteiger partial charge >= 0.3 is 0 Å². The largest absolute Gasteiger partial charge is 0.457 e. The van der Waals surface area contributed by atoms with Crippen LogP contribution in [-0.4, -0.2) is 10.9 Å². The molecule has 5 heteroatoms. The van der Waals surface area contributed by atoms with Crippen LogP contribution < -0.4 is 15.4 Å². The van der Waals surface area contributed by atoms with Crippen LogP contribution >= 0.6 is 0 Å². The number of aromatic nitrogens is 1. The fraction of sp³-hybridized carbons (Fsp3) is 0.0755. The normalized spacial score (nSPS) is 11.4. The van der Waals surface area contributed by atoms with Gasteiger partial charge < -0.3 is 15.4 Å². The number of aryl methyl sites for hydroxylation is 1. The highest BCUT2D eigenvalue weighted by molar-refractivity contribution is 6.11. The number of anilines is 4. The number of para-hydroxylation sites is 4. The monoisotopic (exact) mass is 752 g/mol. The fourth-order valence-electron chi connectivity index (χ4n) is 7.71. The van der Waals surface area contributed by atoms with Crippen molar-refractivity contribution in [3.05, 3.63) is 199 Å². The molecule has 2 N–H and O–H groups in total.